The first-order valence-corrected chi connectivity index (χ1v) is 10.9. The molecule has 34 heavy (non-hydrogen) atoms. The van der Waals surface area contributed by atoms with Crippen LogP contribution in [0.3, 0.4) is 0 Å². The number of ether oxygens (including phenoxy) is 2. The molecule has 0 radical (unpaired) electrons. The van der Waals surface area contributed by atoms with E-state index < -0.39 is 5.63 Å². The van der Waals surface area contributed by atoms with E-state index >= 15 is 0 Å². The monoisotopic (exact) mass is 449 g/mol. The van der Waals surface area contributed by atoms with Gasteiger partial charge in [-0.15, -0.1) is 0 Å². The van der Waals surface area contributed by atoms with Crippen molar-refractivity contribution in [3.8, 4) is 33.9 Å². The first-order valence-electron chi connectivity index (χ1n) is 10.9. The Bertz CT molecular complexity index is 1490. The lowest BCUT2D eigenvalue weighted by molar-refractivity contribution is 0.414. The van der Waals surface area contributed by atoms with Crippen LogP contribution in [0.1, 0.15) is 0 Å². The third-order valence-electron chi connectivity index (χ3n) is 5.74. The van der Waals surface area contributed by atoms with Crippen LogP contribution in [0.5, 0.6) is 11.5 Å². The lowest BCUT2D eigenvalue weighted by Crippen LogP contribution is -2.06. The van der Waals surface area contributed by atoms with Gasteiger partial charge in [-0.1, -0.05) is 42.5 Å². The molecular formula is C29H23NO4. The van der Waals surface area contributed by atoms with Crippen LogP contribution in [0, 0.1) is 0 Å². The maximum absolute atomic E-state index is 13.3. The lowest BCUT2D eigenvalue weighted by atomic mass is 9.94. The second-order valence-electron chi connectivity index (χ2n) is 7.77. The van der Waals surface area contributed by atoms with E-state index in [4.69, 9.17) is 13.9 Å². The highest BCUT2D eigenvalue weighted by atomic mass is 16.5. The minimum Gasteiger partial charge on any atom is -0.497 e. The van der Waals surface area contributed by atoms with Gasteiger partial charge < -0.3 is 19.2 Å². The molecule has 4 aromatic carbocycles. The molecule has 0 aliphatic heterocycles. The predicted molar refractivity (Wildman–Crippen MR) is 136 cm³/mol. The van der Waals surface area contributed by atoms with E-state index in [1.807, 2.05) is 97.1 Å². The second kappa shape index (κ2) is 9.16. The Hall–Kier alpha value is -4.51. The van der Waals surface area contributed by atoms with Crippen molar-refractivity contribution in [3.05, 3.63) is 107 Å². The van der Waals surface area contributed by atoms with Gasteiger partial charge in [-0.2, -0.15) is 0 Å². The molecule has 0 bridgehead atoms. The van der Waals surface area contributed by atoms with Crippen LogP contribution in [0.15, 0.2) is 106 Å². The van der Waals surface area contributed by atoms with Crippen LogP contribution in [0.4, 0.5) is 11.4 Å². The van der Waals surface area contributed by atoms with Gasteiger partial charge in [0.15, 0.2) is 0 Å². The zero-order valence-corrected chi connectivity index (χ0v) is 18.9. The quantitative estimate of drug-likeness (QED) is 0.306. The Labute approximate surface area is 197 Å². The van der Waals surface area contributed by atoms with Crippen molar-refractivity contribution < 1.29 is 13.9 Å². The molecule has 5 rings (SSSR count). The maximum Gasteiger partial charge on any atom is 0.346 e. The molecule has 5 heteroatoms. The van der Waals surface area contributed by atoms with Crippen molar-refractivity contribution in [2.45, 2.75) is 0 Å². The number of hydrogen-bond acceptors (Lipinski definition) is 5. The van der Waals surface area contributed by atoms with Gasteiger partial charge in [-0.3, -0.25) is 0 Å². The number of para-hydroxylation sites is 1. The third-order valence-corrected chi connectivity index (χ3v) is 5.74. The normalized spacial score (nSPS) is 10.8. The topological polar surface area (TPSA) is 60.7 Å². The predicted octanol–water partition coefficient (Wildman–Crippen LogP) is 6.89. The summed E-state index contributed by atoms with van der Waals surface area (Å²) in [6, 6.07) is 30.8. The molecule has 0 saturated carbocycles. The molecule has 1 N–H and O–H groups in total. The number of nitrogens with one attached hydrogen (secondary N) is 1. The van der Waals surface area contributed by atoms with Crippen LogP contribution in [-0.2, 0) is 0 Å². The Morgan fingerprint density at radius 2 is 1.29 bits per heavy atom. The summed E-state index contributed by atoms with van der Waals surface area (Å²) < 4.78 is 16.6. The third kappa shape index (κ3) is 3.99. The standard InChI is InChI=1S/C29H23NO4/c1-32-22-15-11-19(12-16-22)26-24-9-6-10-25(30-21-7-4-3-5-8-21)27(24)29(31)34-28(26)20-13-17-23(33-2)18-14-20/h3-18,30H,1-2H3. The van der Waals surface area contributed by atoms with Crippen LogP contribution in [0.2, 0.25) is 0 Å². The largest absolute Gasteiger partial charge is 0.497 e. The van der Waals surface area contributed by atoms with Gasteiger partial charge in [0.1, 0.15) is 17.3 Å². The molecule has 0 aliphatic carbocycles. The minimum absolute atomic E-state index is 0.405. The van der Waals surface area contributed by atoms with E-state index in [-0.39, 0.29) is 0 Å². The summed E-state index contributed by atoms with van der Waals surface area (Å²) in [5.74, 6) is 1.98. The second-order valence-corrected chi connectivity index (χ2v) is 7.77. The highest BCUT2D eigenvalue weighted by molar-refractivity contribution is 6.06. The van der Waals surface area contributed by atoms with Gasteiger partial charge in [0.25, 0.3) is 0 Å². The van der Waals surface area contributed by atoms with Gasteiger partial charge in [0, 0.05) is 22.2 Å². The first-order chi connectivity index (χ1) is 16.7. The summed E-state index contributed by atoms with van der Waals surface area (Å²) in [5.41, 5.74) is 3.70. The molecule has 1 heterocycles. The van der Waals surface area contributed by atoms with Crippen molar-refractivity contribution in [1.29, 1.82) is 0 Å². The number of rotatable bonds is 6. The summed E-state index contributed by atoms with van der Waals surface area (Å²) in [7, 11) is 3.26. The minimum atomic E-state index is -0.405. The van der Waals surface area contributed by atoms with Gasteiger partial charge in [-0.25, -0.2) is 4.79 Å². The molecule has 0 atom stereocenters. The zero-order chi connectivity index (χ0) is 23.5. The Morgan fingerprint density at radius 3 is 1.91 bits per heavy atom. The maximum atomic E-state index is 13.3. The van der Waals surface area contributed by atoms with E-state index in [9.17, 15) is 4.79 Å². The molecule has 5 nitrogen and oxygen atoms in total. The Morgan fingerprint density at radius 1 is 0.676 bits per heavy atom. The molecule has 168 valence electrons. The highest BCUT2D eigenvalue weighted by Crippen LogP contribution is 2.39. The Balaban J connectivity index is 1.78. The van der Waals surface area contributed by atoms with Gasteiger partial charge >= 0.3 is 5.63 Å². The van der Waals surface area contributed by atoms with Crippen molar-refractivity contribution in [2.75, 3.05) is 19.5 Å². The zero-order valence-electron chi connectivity index (χ0n) is 18.9. The van der Waals surface area contributed by atoms with Crippen molar-refractivity contribution in [2.24, 2.45) is 0 Å². The van der Waals surface area contributed by atoms with Crippen LogP contribution in [-0.4, -0.2) is 14.2 Å². The molecule has 0 fully saturated rings. The number of fused-ring (bicyclic) bond motifs is 1. The van der Waals surface area contributed by atoms with Crippen molar-refractivity contribution in [3.63, 3.8) is 0 Å². The summed E-state index contributed by atoms with van der Waals surface area (Å²) in [4.78, 5) is 13.3. The van der Waals surface area contributed by atoms with E-state index in [0.717, 1.165) is 39.3 Å². The number of hydrogen-bond donors (Lipinski definition) is 1. The summed E-state index contributed by atoms with van der Waals surface area (Å²) in [5, 5.41) is 4.66. The number of benzene rings is 4. The molecule has 5 aromatic rings. The fraction of sp³-hybridized carbons (Fsp3) is 0.0690. The first kappa shape index (κ1) is 21.3. The van der Waals surface area contributed by atoms with Gasteiger partial charge in [-0.05, 0) is 60.2 Å². The Kier molecular flexibility index (Phi) is 5.75. The lowest BCUT2D eigenvalue weighted by Gasteiger charge is -2.15. The van der Waals surface area contributed by atoms with E-state index in [0.29, 0.717) is 16.8 Å². The molecule has 0 saturated heterocycles. The summed E-state index contributed by atoms with van der Waals surface area (Å²) in [6.45, 7) is 0. The SMILES string of the molecule is COc1ccc(-c2oc(=O)c3c(Nc4ccccc4)cccc3c2-c2ccc(OC)cc2)cc1. The fourth-order valence-electron chi connectivity index (χ4n) is 4.07. The van der Waals surface area contributed by atoms with E-state index in [1.165, 1.54) is 0 Å². The van der Waals surface area contributed by atoms with E-state index in [2.05, 4.69) is 5.32 Å². The van der Waals surface area contributed by atoms with Crippen molar-refractivity contribution >= 4 is 22.1 Å². The van der Waals surface area contributed by atoms with Gasteiger partial charge in [0.2, 0.25) is 0 Å². The number of anilines is 2. The molecule has 1 aromatic heterocycles. The fourth-order valence-corrected chi connectivity index (χ4v) is 4.07. The van der Waals surface area contributed by atoms with Crippen LogP contribution >= 0.6 is 0 Å². The highest BCUT2D eigenvalue weighted by Gasteiger charge is 2.19. The van der Waals surface area contributed by atoms with Crippen LogP contribution < -0.4 is 20.4 Å². The van der Waals surface area contributed by atoms with E-state index in [1.54, 1.807) is 14.2 Å². The average molecular weight is 450 g/mol. The van der Waals surface area contributed by atoms with Crippen molar-refractivity contribution in [1.82, 2.24) is 0 Å². The molecule has 0 amide bonds. The molecule has 0 unspecified atom stereocenters. The summed E-state index contributed by atoms with van der Waals surface area (Å²) >= 11 is 0. The summed E-state index contributed by atoms with van der Waals surface area (Å²) in [6.07, 6.45) is 0. The average Bonchev–Trinajstić information content (AvgIpc) is 2.89. The van der Waals surface area contributed by atoms with Crippen LogP contribution in [0.25, 0.3) is 33.2 Å². The molecule has 0 aliphatic rings. The van der Waals surface area contributed by atoms with Gasteiger partial charge in [0.05, 0.1) is 25.3 Å². The smallest absolute Gasteiger partial charge is 0.346 e. The number of methoxy groups -OCH3 is 2. The molecule has 0 spiro atoms. The molecular weight excluding hydrogens is 426 g/mol.